The number of carboxylic acids is 1. The highest BCUT2D eigenvalue weighted by atomic mass is 32.2. The molecule has 0 saturated heterocycles. The van der Waals surface area contributed by atoms with Crippen LogP contribution in [0.5, 0.6) is 5.75 Å². The van der Waals surface area contributed by atoms with Gasteiger partial charge in [0.1, 0.15) is 5.75 Å². The molecular weight excluding hydrogens is 470 g/mol. The largest absolute Gasteiger partial charge is 0.493 e. The molecule has 2 fully saturated rings. The highest BCUT2D eigenvalue weighted by Crippen LogP contribution is 2.34. The first kappa shape index (κ1) is 24.9. The van der Waals surface area contributed by atoms with Gasteiger partial charge >= 0.3 is 12.0 Å². The summed E-state index contributed by atoms with van der Waals surface area (Å²) < 4.78 is 6.77. The summed E-state index contributed by atoms with van der Waals surface area (Å²) in [6, 6.07) is 10.4. The molecule has 2 saturated carbocycles. The summed E-state index contributed by atoms with van der Waals surface area (Å²) in [7, 11) is 0. The molecule has 34 heavy (non-hydrogen) atoms. The number of nitrogens with one attached hydrogen (secondary N) is 1. The van der Waals surface area contributed by atoms with Crippen molar-refractivity contribution in [3.63, 3.8) is 0 Å². The first-order valence-corrected chi connectivity index (χ1v) is 14.0. The minimum Gasteiger partial charge on any atom is -0.493 e. The van der Waals surface area contributed by atoms with Crippen molar-refractivity contribution in [1.82, 2.24) is 9.88 Å². The van der Waals surface area contributed by atoms with Crippen molar-refractivity contribution >= 4 is 40.2 Å². The molecule has 0 spiro atoms. The van der Waals surface area contributed by atoms with Crippen LogP contribution in [0.15, 0.2) is 40.7 Å². The maximum atomic E-state index is 13.4. The molecular formula is C25H33N3O4S2. The summed E-state index contributed by atoms with van der Waals surface area (Å²) in [6.07, 6.45) is 11.4. The lowest BCUT2D eigenvalue weighted by molar-refractivity contribution is -0.133. The number of hydrogen-bond acceptors (Lipinski definition) is 6. The number of hydrogen-bond donors (Lipinski definition) is 2. The molecule has 0 aliphatic heterocycles. The first-order chi connectivity index (χ1) is 16.6. The van der Waals surface area contributed by atoms with Crippen molar-refractivity contribution in [2.75, 3.05) is 17.7 Å². The minimum absolute atomic E-state index is 0.0129. The van der Waals surface area contributed by atoms with Gasteiger partial charge in [0.15, 0.2) is 5.13 Å². The number of benzene rings is 1. The number of urea groups is 1. The molecule has 1 heterocycles. The lowest BCUT2D eigenvalue weighted by Crippen LogP contribution is -2.51. The number of thioether (sulfide) groups is 1. The fourth-order valence-corrected chi connectivity index (χ4v) is 6.56. The standard InChI is InChI=1S/C25H33N3O4S2/c29-22(30)17-33-23-15-26-24(34-23)27-25(31)28(19-7-3-1-4-8-19)20-13-11-18(12-14-20)16-32-21-9-5-2-6-10-21/h2,5-6,9-10,15,18-20H,1,3-4,7-8,11-14,16-17H2,(H,29,30)(H,26,27,31). The maximum absolute atomic E-state index is 13.4. The number of aliphatic carboxylic acids is 1. The lowest BCUT2D eigenvalue weighted by Gasteiger charge is -2.42. The fraction of sp³-hybridized carbons (Fsp3) is 0.560. The summed E-state index contributed by atoms with van der Waals surface area (Å²) >= 11 is 2.56. The van der Waals surface area contributed by atoms with Crippen LogP contribution < -0.4 is 10.1 Å². The molecule has 0 bridgehead atoms. The number of aromatic nitrogens is 1. The van der Waals surface area contributed by atoms with Gasteiger partial charge < -0.3 is 14.7 Å². The third kappa shape index (κ3) is 7.12. The summed E-state index contributed by atoms with van der Waals surface area (Å²) in [5.41, 5.74) is 0. The Morgan fingerprint density at radius 1 is 1.06 bits per heavy atom. The monoisotopic (exact) mass is 503 g/mol. The van der Waals surface area contributed by atoms with Gasteiger partial charge in [-0.25, -0.2) is 9.78 Å². The van der Waals surface area contributed by atoms with Crippen molar-refractivity contribution in [1.29, 1.82) is 0 Å². The van der Waals surface area contributed by atoms with Crippen LogP contribution in [0.2, 0.25) is 0 Å². The molecule has 9 heteroatoms. The highest BCUT2D eigenvalue weighted by molar-refractivity contribution is 8.01. The van der Waals surface area contributed by atoms with Crippen molar-refractivity contribution in [2.24, 2.45) is 5.92 Å². The number of thiazole rings is 1. The molecule has 184 valence electrons. The average molecular weight is 504 g/mol. The first-order valence-electron chi connectivity index (χ1n) is 12.2. The van der Waals surface area contributed by atoms with E-state index in [4.69, 9.17) is 9.84 Å². The number of para-hydroxylation sites is 1. The van der Waals surface area contributed by atoms with E-state index >= 15 is 0 Å². The van der Waals surface area contributed by atoms with Crippen molar-refractivity contribution < 1.29 is 19.4 Å². The zero-order valence-electron chi connectivity index (χ0n) is 19.4. The molecule has 2 amide bonds. The summed E-state index contributed by atoms with van der Waals surface area (Å²) in [6.45, 7) is 0.724. The van der Waals surface area contributed by atoms with Gasteiger partial charge in [-0.2, -0.15) is 0 Å². The van der Waals surface area contributed by atoms with Crippen LogP contribution in [0.25, 0.3) is 0 Å². The average Bonchev–Trinajstić information content (AvgIpc) is 3.31. The van der Waals surface area contributed by atoms with Crippen LogP contribution >= 0.6 is 23.1 Å². The molecule has 2 N–H and O–H groups in total. The van der Waals surface area contributed by atoms with E-state index in [0.29, 0.717) is 11.0 Å². The second-order valence-corrected chi connectivity index (χ2v) is 11.4. The summed E-state index contributed by atoms with van der Waals surface area (Å²) in [4.78, 5) is 30.7. The maximum Gasteiger partial charge on any atom is 0.324 e. The van der Waals surface area contributed by atoms with Gasteiger partial charge in [-0.05, 0) is 56.6 Å². The quantitative estimate of drug-likeness (QED) is 0.400. The van der Waals surface area contributed by atoms with Crippen molar-refractivity contribution in [2.45, 2.75) is 74.1 Å². The van der Waals surface area contributed by atoms with Gasteiger partial charge in [0, 0.05) is 12.1 Å². The molecule has 0 radical (unpaired) electrons. The van der Waals surface area contributed by atoms with Crippen molar-refractivity contribution in [3.05, 3.63) is 36.5 Å². The van der Waals surface area contributed by atoms with E-state index in [1.54, 1.807) is 6.20 Å². The second-order valence-electron chi connectivity index (χ2n) is 9.09. The molecule has 2 aromatic rings. The van der Waals surface area contributed by atoms with Crippen LogP contribution in [0.1, 0.15) is 57.8 Å². The molecule has 2 aliphatic rings. The van der Waals surface area contributed by atoms with Gasteiger partial charge in [0.05, 0.1) is 22.8 Å². The Bertz CT molecular complexity index is 925. The van der Waals surface area contributed by atoms with Gasteiger partial charge in [-0.15, -0.1) is 11.8 Å². The van der Waals surface area contributed by atoms with Gasteiger partial charge in [-0.1, -0.05) is 48.8 Å². The van der Waals surface area contributed by atoms with Crippen LogP contribution in [-0.4, -0.2) is 51.4 Å². The number of carboxylic acid groups (broad SMARTS) is 1. The predicted molar refractivity (Wildman–Crippen MR) is 136 cm³/mol. The fourth-order valence-electron chi connectivity index (χ4n) is 4.98. The SMILES string of the molecule is O=C(O)CSc1cnc(NC(=O)N(C2CCCCC2)C2CCC(COc3ccccc3)CC2)s1. The Balaban J connectivity index is 1.34. The van der Waals surface area contributed by atoms with Gasteiger partial charge in [-0.3, -0.25) is 10.1 Å². The number of rotatable bonds is 9. The minimum atomic E-state index is -0.864. The number of nitrogens with zero attached hydrogens (tertiary/aromatic N) is 2. The summed E-state index contributed by atoms with van der Waals surface area (Å²) in [5.74, 6) is 0.552. The number of anilines is 1. The Morgan fingerprint density at radius 3 is 2.47 bits per heavy atom. The number of carbonyl (C=O) groups excluding carboxylic acids is 1. The Labute approximate surface area is 209 Å². The van der Waals surface area contributed by atoms with Crippen LogP contribution in [0.3, 0.4) is 0 Å². The third-order valence-electron chi connectivity index (χ3n) is 6.68. The molecule has 1 aromatic heterocycles. The van der Waals surface area contributed by atoms with E-state index in [1.807, 2.05) is 30.3 Å². The Hall–Kier alpha value is -2.26. The topological polar surface area (TPSA) is 91.8 Å². The van der Waals surface area contributed by atoms with E-state index in [9.17, 15) is 9.59 Å². The summed E-state index contributed by atoms with van der Waals surface area (Å²) in [5, 5.41) is 12.4. The highest BCUT2D eigenvalue weighted by Gasteiger charge is 2.34. The molecule has 2 aliphatic carbocycles. The number of ether oxygens (including phenoxy) is 1. The molecule has 1 aromatic carbocycles. The van der Waals surface area contributed by atoms with Crippen molar-refractivity contribution in [3.8, 4) is 5.75 Å². The molecule has 0 atom stereocenters. The second kappa shape index (κ2) is 12.4. The van der Waals surface area contributed by atoms with Crippen LogP contribution in [0.4, 0.5) is 9.93 Å². The molecule has 4 rings (SSSR count). The van der Waals surface area contributed by atoms with Gasteiger partial charge in [0.25, 0.3) is 0 Å². The Morgan fingerprint density at radius 2 is 1.76 bits per heavy atom. The number of amides is 2. The van der Waals surface area contributed by atoms with Crippen LogP contribution in [-0.2, 0) is 4.79 Å². The van der Waals surface area contributed by atoms with Gasteiger partial charge in [0.2, 0.25) is 0 Å². The normalized spacial score (nSPS) is 21.1. The zero-order chi connectivity index (χ0) is 23.8. The number of carbonyl (C=O) groups is 2. The predicted octanol–water partition coefficient (Wildman–Crippen LogP) is 6.12. The van der Waals surface area contributed by atoms with E-state index in [0.717, 1.165) is 55.1 Å². The molecule has 7 nitrogen and oxygen atoms in total. The smallest absolute Gasteiger partial charge is 0.324 e. The van der Waals surface area contributed by atoms with E-state index in [2.05, 4.69) is 15.2 Å². The lowest BCUT2D eigenvalue weighted by atomic mass is 9.84. The zero-order valence-corrected chi connectivity index (χ0v) is 21.0. The van der Waals surface area contributed by atoms with E-state index < -0.39 is 5.97 Å². The van der Waals surface area contributed by atoms with E-state index in [-0.39, 0.29) is 23.9 Å². The third-order valence-corrected chi connectivity index (χ3v) is 8.77. The van der Waals surface area contributed by atoms with E-state index in [1.165, 1.54) is 42.4 Å². The Kier molecular flexibility index (Phi) is 9.10. The molecule has 0 unspecified atom stereocenters. The van der Waals surface area contributed by atoms with Crippen LogP contribution in [0, 0.1) is 5.92 Å².